The van der Waals surface area contributed by atoms with Crippen molar-refractivity contribution >= 4 is 43.5 Å². The third kappa shape index (κ3) is 2.37. The molecular formula is C10H15Br2ClO. The number of hydrogen-bond donors (Lipinski definition) is 1. The van der Waals surface area contributed by atoms with Crippen molar-refractivity contribution in [2.24, 2.45) is 5.41 Å². The lowest BCUT2D eigenvalue weighted by molar-refractivity contribution is 0.141. The van der Waals surface area contributed by atoms with Gasteiger partial charge in [-0.1, -0.05) is 51.8 Å². The molecule has 0 aliphatic heterocycles. The second kappa shape index (κ2) is 4.86. The van der Waals surface area contributed by atoms with Crippen molar-refractivity contribution in [3.63, 3.8) is 0 Å². The molecule has 1 saturated carbocycles. The summed E-state index contributed by atoms with van der Waals surface area (Å²) >= 11 is 13.3. The highest BCUT2D eigenvalue weighted by Crippen LogP contribution is 2.45. The minimum atomic E-state index is -0.410. The van der Waals surface area contributed by atoms with Crippen molar-refractivity contribution in [1.82, 2.24) is 0 Å². The SMILES string of the molecule is CC1(C)[C@@H](Br)C[C@@H](O)/C(=C\CBr)[C@@H]1Cl. The van der Waals surface area contributed by atoms with Crippen LogP contribution < -0.4 is 0 Å². The zero-order chi connectivity index (χ0) is 10.9. The Bertz CT molecular complexity index is 240. The van der Waals surface area contributed by atoms with Crippen molar-refractivity contribution in [2.45, 2.75) is 36.6 Å². The van der Waals surface area contributed by atoms with Crippen LogP contribution in [0.2, 0.25) is 0 Å². The van der Waals surface area contributed by atoms with E-state index in [9.17, 15) is 5.11 Å². The molecule has 0 aromatic heterocycles. The van der Waals surface area contributed by atoms with Gasteiger partial charge < -0.3 is 5.11 Å². The summed E-state index contributed by atoms with van der Waals surface area (Å²) in [6.07, 6.45) is 2.30. The van der Waals surface area contributed by atoms with E-state index in [0.29, 0.717) is 0 Å². The van der Waals surface area contributed by atoms with Gasteiger partial charge in [-0.05, 0) is 17.4 Å². The van der Waals surface area contributed by atoms with Crippen molar-refractivity contribution in [2.75, 3.05) is 5.33 Å². The average molecular weight is 346 g/mol. The molecule has 0 unspecified atom stereocenters. The molecule has 0 amide bonds. The summed E-state index contributed by atoms with van der Waals surface area (Å²) < 4.78 is 0. The molecule has 0 radical (unpaired) electrons. The second-order valence-electron chi connectivity index (χ2n) is 4.26. The van der Waals surface area contributed by atoms with E-state index in [1.807, 2.05) is 6.08 Å². The molecule has 82 valence electrons. The van der Waals surface area contributed by atoms with Crippen LogP contribution in [0.15, 0.2) is 11.6 Å². The van der Waals surface area contributed by atoms with E-state index in [4.69, 9.17) is 11.6 Å². The third-order valence-corrected chi connectivity index (χ3v) is 5.57. The maximum atomic E-state index is 9.87. The quantitative estimate of drug-likeness (QED) is 0.569. The topological polar surface area (TPSA) is 20.2 Å². The normalized spacial score (nSPS) is 40.1. The van der Waals surface area contributed by atoms with E-state index in [0.717, 1.165) is 17.3 Å². The predicted molar refractivity (Wildman–Crippen MR) is 68.6 cm³/mol. The maximum Gasteiger partial charge on any atom is 0.0775 e. The monoisotopic (exact) mass is 344 g/mol. The van der Waals surface area contributed by atoms with Gasteiger partial charge in [-0.3, -0.25) is 0 Å². The fourth-order valence-corrected chi connectivity index (χ4v) is 3.25. The Hall–Kier alpha value is 0.950. The van der Waals surface area contributed by atoms with Crippen molar-refractivity contribution in [3.05, 3.63) is 11.6 Å². The predicted octanol–water partition coefficient (Wildman–Crippen LogP) is 3.47. The molecule has 4 heteroatoms. The Labute approximate surface area is 107 Å². The van der Waals surface area contributed by atoms with Crippen LogP contribution in [0.3, 0.4) is 0 Å². The molecule has 0 spiro atoms. The van der Waals surface area contributed by atoms with Gasteiger partial charge in [0.25, 0.3) is 0 Å². The number of alkyl halides is 3. The Morgan fingerprint density at radius 2 is 2.21 bits per heavy atom. The molecule has 1 N–H and O–H groups in total. The van der Waals surface area contributed by atoms with E-state index in [1.54, 1.807) is 0 Å². The van der Waals surface area contributed by atoms with Crippen LogP contribution in [-0.4, -0.2) is 26.7 Å². The zero-order valence-corrected chi connectivity index (χ0v) is 12.2. The van der Waals surface area contributed by atoms with E-state index < -0.39 is 6.10 Å². The molecule has 1 aliphatic carbocycles. The minimum Gasteiger partial charge on any atom is -0.389 e. The summed E-state index contributed by atoms with van der Waals surface area (Å²) in [5.41, 5.74) is 0.929. The summed E-state index contributed by atoms with van der Waals surface area (Å²) in [5.74, 6) is 0. The summed E-state index contributed by atoms with van der Waals surface area (Å²) in [4.78, 5) is 0.264. The zero-order valence-electron chi connectivity index (χ0n) is 8.30. The first kappa shape index (κ1) is 13.0. The van der Waals surface area contributed by atoms with Crippen LogP contribution in [0.5, 0.6) is 0 Å². The van der Waals surface area contributed by atoms with Crippen molar-refractivity contribution < 1.29 is 5.11 Å². The van der Waals surface area contributed by atoms with Gasteiger partial charge in [0, 0.05) is 10.2 Å². The third-order valence-electron chi connectivity index (χ3n) is 2.88. The largest absolute Gasteiger partial charge is 0.389 e. The molecule has 14 heavy (non-hydrogen) atoms. The van der Waals surface area contributed by atoms with Gasteiger partial charge in [0.2, 0.25) is 0 Å². The van der Waals surface area contributed by atoms with Crippen LogP contribution in [0.4, 0.5) is 0 Å². The number of hydrogen-bond acceptors (Lipinski definition) is 1. The molecule has 0 aromatic carbocycles. The molecule has 1 nitrogen and oxygen atoms in total. The van der Waals surface area contributed by atoms with Gasteiger partial charge in [-0.2, -0.15) is 0 Å². The molecule has 0 aromatic rings. The Morgan fingerprint density at radius 3 is 2.71 bits per heavy atom. The van der Waals surface area contributed by atoms with Gasteiger partial charge in [0.05, 0.1) is 11.5 Å². The van der Waals surface area contributed by atoms with Gasteiger partial charge in [-0.15, -0.1) is 11.6 Å². The molecule has 0 bridgehead atoms. The van der Waals surface area contributed by atoms with E-state index in [2.05, 4.69) is 45.7 Å². The Kier molecular flexibility index (Phi) is 4.51. The fraction of sp³-hybridized carbons (Fsp3) is 0.800. The van der Waals surface area contributed by atoms with Gasteiger partial charge >= 0.3 is 0 Å². The number of rotatable bonds is 1. The summed E-state index contributed by atoms with van der Waals surface area (Å²) in [6.45, 7) is 4.25. The van der Waals surface area contributed by atoms with Gasteiger partial charge in [0.1, 0.15) is 0 Å². The highest BCUT2D eigenvalue weighted by atomic mass is 79.9. The lowest BCUT2D eigenvalue weighted by atomic mass is 9.73. The molecule has 3 atom stereocenters. The molecule has 1 rings (SSSR count). The highest BCUT2D eigenvalue weighted by Gasteiger charge is 2.44. The second-order valence-corrected chi connectivity index (χ2v) is 6.45. The minimum absolute atomic E-state index is 0.0191. The standard InChI is InChI=1S/C10H15Br2ClO/c1-10(2)8(12)5-7(14)6(3-4-11)9(10)13/h3,7-9,14H,4-5H2,1-2H3/b6-3+/t7-,8+,9+/m1/s1. The number of aliphatic hydroxyl groups excluding tert-OH is 1. The summed E-state index contributed by atoms with van der Waals surface area (Å²) in [5, 5.41) is 10.5. The lowest BCUT2D eigenvalue weighted by Gasteiger charge is -2.43. The average Bonchev–Trinajstić information content (AvgIpc) is 2.10. The van der Waals surface area contributed by atoms with Crippen LogP contribution in [0.1, 0.15) is 20.3 Å². The number of allylic oxidation sites excluding steroid dienone is 1. The smallest absolute Gasteiger partial charge is 0.0775 e. The Balaban J connectivity index is 2.95. The lowest BCUT2D eigenvalue weighted by Crippen LogP contribution is -2.45. The van der Waals surface area contributed by atoms with Crippen LogP contribution in [-0.2, 0) is 0 Å². The number of aliphatic hydroxyl groups is 1. The number of halogens is 3. The molecule has 1 fully saturated rings. The molecule has 0 saturated heterocycles. The maximum absolute atomic E-state index is 9.87. The van der Waals surface area contributed by atoms with Gasteiger partial charge in [0.15, 0.2) is 0 Å². The molecule has 1 aliphatic rings. The van der Waals surface area contributed by atoms with Crippen molar-refractivity contribution in [3.8, 4) is 0 Å². The first-order valence-electron chi connectivity index (χ1n) is 4.63. The van der Waals surface area contributed by atoms with E-state index in [1.165, 1.54) is 0 Å². The van der Waals surface area contributed by atoms with Crippen LogP contribution in [0, 0.1) is 5.41 Å². The van der Waals surface area contributed by atoms with Crippen molar-refractivity contribution in [1.29, 1.82) is 0 Å². The summed E-state index contributed by atoms with van der Waals surface area (Å²) in [7, 11) is 0. The van der Waals surface area contributed by atoms with Crippen LogP contribution >= 0.6 is 43.5 Å². The van der Waals surface area contributed by atoms with E-state index >= 15 is 0 Å². The first-order valence-corrected chi connectivity index (χ1v) is 7.10. The van der Waals surface area contributed by atoms with Crippen LogP contribution in [0.25, 0.3) is 0 Å². The Morgan fingerprint density at radius 1 is 1.64 bits per heavy atom. The molecule has 0 heterocycles. The van der Waals surface area contributed by atoms with Gasteiger partial charge in [-0.25, -0.2) is 0 Å². The molecular weight excluding hydrogens is 331 g/mol. The summed E-state index contributed by atoms with van der Waals surface area (Å²) in [6, 6.07) is 0. The highest BCUT2D eigenvalue weighted by molar-refractivity contribution is 9.09. The fourth-order valence-electron chi connectivity index (χ4n) is 1.72. The van der Waals surface area contributed by atoms with E-state index in [-0.39, 0.29) is 15.6 Å². The first-order chi connectivity index (χ1) is 6.41.